The lowest BCUT2D eigenvalue weighted by molar-refractivity contribution is -0.136. The van der Waals surface area contributed by atoms with E-state index in [4.69, 9.17) is 4.99 Å². The summed E-state index contributed by atoms with van der Waals surface area (Å²) in [6.45, 7) is 6.83. The van der Waals surface area contributed by atoms with Gasteiger partial charge in [-0.1, -0.05) is 25.2 Å². The van der Waals surface area contributed by atoms with E-state index in [9.17, 15) is 4.79 Å². The van der Waals surface area contributed by atoms with Crippen LogP contribution in [0.25, 0.3) is 0 Å². The van der Waals surface area contributed by atoms with Crippen molar-refractivity contribution in [2.45, 2.75) is 18.1 Å². The molecule has 5 heteroatoms. The second-order valence-corrected chi connectivity index (χ2v) is 8.38. The van der Waals surface area contributed by atoms with Crippen LogP contribution in [0, 0.1) is 17.8 Å². The lowest BCUT2D eigenvalue weighted by Gasteiger charge is -2.42. The number of hydrogen-bond donors (Lipinski definition) is 1. The smallest absolute Gasteiger partial charge is 0.226 e. The minimum Gasteiger partial charge on any atom is -0.341 e. The molecule has 1 N–H and O–H groups in total. The maximum atomic E-state index is 13.2. The number of nitrogens with one attached hydrogen (secondary N) is 1. The van der Waals surface area contributed by atoms with Gasteiger partial charge in [-0.3, -0.25) is 9.79 Å². The van der Waals surface area contributed by atoms with Gasteiger partial charge in [0.2, 0.25) is 5.91 Å². The fourth-order valence-electron chi connectivity index (χ4n) is 4.57. The SMILES string of the molecule is CC1CN=C2C=CC=CC23SCC(C(=O)N2CCCNCC2)C13. The van der Waals surface area contributed by atoms with E-state index < -0.39 is 0 Å². The lowest BCUT2D eigenvalue weighted by Crippen LogP contribution is -2.51. The Hall–Kier alpha value is -1.07. The maximum absolute atomic E-state index is 13.2. The first-order chi connectivity index (χ1) is 11.2. The standard InChI is InChI=1S/C18H25N3OS/c1-13-11-20-15-5-2-3-6-18(15)16(13)14(12-23-18)17(22)21-9-4-7-19-8-10-21/h2-3,5-6,13-14,16,19H,4,7-12H2,1H3. The summed E-state index contributed by atoms with van der Waals surface area (Å²) in [5.41, 5.74) is 1.18. The van der Waals surface area contributed by atoms with Crippen LogP contribution in [0.1, 0.15) is 13.3 Å². The van der Waals surface area contributed by atoms with Crippen LogP contribution in [-0.2, 0) is 4.79 Å². The van der Waals surface area contributed by atoms with Gasteiger partial charge >= 0.3 is 0 Å². The van der Waals surface area contributed by atoms with Crippen molar-refractivity contribution >= 4 is 23.4 Å². The maximum Gasteiger partial charge on any atom is 0.226 e. The quantitative estimate of drug-likeness (QED) is 0.796. The molecule has 1 spiro atoms. The molecule has 0 radical (unpaired) electrons. The lowest BCUT2D eigenvalue weighted by atomic mass is 9.69. The molecule has 3 aliphatic heterocycles. The summed E-state index contributed by atoms with van der Waals surface area (Å²) < 4.78 is -0.0587. The van der Waals surface area contributed by atoms with Gasteiger partial charge in [-0.2, -0.15) is 0 Å². The van der Waals surface area contributed by atoms with Crippen molar-refractivity contribution < 1.29 is 4.79 Å². The summed E-state index contributed by atoms with van der Waals surface area (Å²) in [7, 11) is 0. The number of amides is 1. The highest BCUT2D eigenvalue weighted by Gasteiger charge is 2.56. The minimum absolute atomic E-state index is 0.0587. The molecule has 2 fully saturated rings. The summed E-state index contributed by atoms with van der Waals surface area (Å²) in [6.07, 6.45) is 9.72. The van der Waals surface area contributed by atoms with Crippen LogP contribution in [-0.4, -0.2) is 59.7 Å². The molecule has 0 aromatic rings. The average Bonchev–Trinajstić information content (AvgIpc) is 2.77. The Morgan fingerprint density at radius 3 is 3.22 bits per heavy atom. The molecule has 4 atom stereocenters. The average molecular weight is 331 g/mol. The Labute approximate surface area is 142 Å². The summed E-state index contributed by atoms with van der Waals surface area (Å²) >= 11 is 1.94. The van der Waals surface area contributed by atoms with Gasteiger partial charge in [0.25, 0.3) is 0 Å². The molecule has 4 rings (SSSR count). The van der Waals surface area contributed by atoms with E-state index in [2.05, 4.69) is 41.4 Å². The fourth-order valence-corrected chi connectivity index (χ4v) is 6.42. The van der Waals surface area contributed by atoms with Crippen molar-refractivity contribution in [3.63, 3.8) is 0 Å². The van der Waals surface area contributed by atoms with Gasteiger partial charge in [-0.05, 0) is 30.9 Å². The predicted octanol–water partition coefficient (Wildman–Crippen LogP) is 1.74. The van der Waals surface area contributed by atoms with Crippen molar-refractivity contribution in [2.24, 2.45) is 22.7 Å². The Balaban J connectivity index is 1.61. The molecule has 0 aromatic heterocycles. The molecule has 4 aliphatic rings. The van der Waals surface area contributed by atoms with Gasteiger partial charge in [0.1, 0.15) is 0 Å². The molecule has 4 unspecified atom stereocenters. The van der Waals surface area contributed by atoms with Gasteiger partial charge in [0.05, 0.1) is 16.4 Å². The molecular weight excluding hydrogens is 306 g/mol. The molecule has 0 saturated carbocycles. The van der Waals surface area contributed by atoms with E-state index in [0.29, 0.717) is 17.7 Å². The first kappa shape index (κ1) is 15.5. The number of carbonyl (C=O) groups excluding carboxylic acids is 1. The molecule has 0 aromatic carbocycles. The number of thioether (sulfide) groups is 1. The first-order valence-corrected chi connectivity index (χ1v) is 9.75. The normalized spacial score (nSPS) is 39.4. The first-order valence-electron chi connectivity index (χ1n) is 8.77. The van der Waals surface area contributed by atoms with Gasteiger partial charge in [-0.15, -0.1) is 11.8 Å². The monoisotopic (exact) mass is 331 g/mol. The van der Waals surface area contributed by atoms with Crippen LogP contribution < -0.4 is 5.32 Å². The molecule has 3 heterocycles. The molecule has 0 bridgehead atoms. The third-order valence-corrected chi connectivity index (χ3v) is 7.29. The molecule has 1 aliphatic carbocycles. The molecule has 2 saturated heterocycles. The van der Waals surface area contributed by atoms with E-state index in [-0.39, 0.29) is 10.7 Å². The number of carbonyl (C=O) groups is 1. The van der Waals surface area contributed by atoms with Crippen molar-refractivity contribution in [1.82, 2.24) is 10.2 Å². The van der Waals surface area contributed by atoms with E-state index in [1.165, 1.54) is 5.71 Å². The Bertz CT molecular complexity index is 577. The molecule has 4 nitrogen and oxygen atoms in total. The van der Waals surface area contributed by atoms with Crippen LogP contribution in [0.2, 0.25) is 0 Å². The van der Waals surface area contributed by atoms with Gasteiger partial charge < -0.3 is 10.2 Å². The summed E-state index contributed by atoms with van der Waals surface area (Å²) in [5.74, 6) is 2.28. The van der Waals surface area contributed by atoms with E-state index in [0.717, 1.165) is 44.9 Å². The van der Waals surface area contributed by atoms with Crippen LogP contribution in [0.5, 0.6) is 0 Å². The van der Waals surface area contributed by atoms with Crippen molar-refractivity contribution in [2.75, 3.05) is 38.5 Å². The second-order valence-electron chi connectivity index (χ2n) is 7.09. The number of allylic oxidation sites excluding steroid dienone is 3. The highest BCUT2D eigenvalue weighted by atomic mass is 32.2. The summed E-state index contributed by atoms with van der Waals surface area (Å²) in [5, 5.41) is 3.39. The Morgan fingerprint density at radius 1 is 1.39 bits per heavy atom. The Kier molecular flexibility index (Phi) is 4.10. The number of rotatable bonds is 1. The molecule has 1 amide bonds. The molecule has 23 heavy (non-hydrogen) atoms. The highest BCUT2D eigenvalue weighted by molar-refractivity contribution is 8.02. The number of hydrogen-bond acceptors (Lipinski definition) is 4. The van der Waals surface area contributed by atoms with Crippen LogP contribution in [0.4, 0.5) is 0 Å². The van der Waals surface area contributed by atoms with Crippen molar-refractivity contribution in [3.8, 4) is 0 Å². The largest absolute Gasteiger partial charge is 0.341 e. The van der Waals surface area contributed by atoms with Gasteiger partial charge in [-0.25, -0.2) is 0 Å². The van der Waals surface area contributed by atoms with Gasteiger partial charge in [0.15, 0.2) is 0 Å². The fraction of sp³-hybridized carbons (Fsp3) is 0.667. The van der Waals surface area contributed by atoms with Crippen LogP contribution >= 0.6 is 11.8 Å². The number of nitrogens with zero attached hydrogens (tertiary/aromatic N) is 2. The zero-order valence-corrected chi connectivity index (χ0v) is 14.5. The third-order valence-electron chi connectivity index (χ3n) is 5.67. The molecular formula is C18H25N3OS. The minimum atomic E-state index is -0.0587. The predicted molar refractivity (Wildman–Crippen MR) is 96.0 cm³/mol. The zero-order valence-electron chi connectivity index (χ0n) is 13.7. The molecule has 124 valence electrons. The highest BCUT2D eigenvalue weighted by Crippen LogP contribution is 2.54. The van der Waals surface area contributed by atoms with E-state index in [1.807, 2.05) is 11.8 Å². The van der Waals surface area contributed by atoms with Gasteiger partial charge in [0, 0.05) is 31.9 Å². The zero-order chi connectivity index (χ0) is 15.9. The van der Waals surface area contributed by atoms with E-state index >= 15 is 0 Å². The van der Waals surface area contributed by atoms with Crippen molar-refractivity contribution in [3.05, 3.63) is 24.3 Å². The van der Waals surface area contributed by atoms with E-state index in [1.54, 1.807) is 0 Å². The summed E-state index contributed by atoms with van der Waals surface area (Å²) in [4.78, 5) is 20.1. The third kappa shape index (κ3) is 2.49. The summed E-state index contributed by atoms with van der Waals surface area (Å²) in [6, 6.07) is 0. The number of aliphatic imine (C=N–C) groups is 1. The van der Waals surface area contributed by atoms with Crippen LogP contribution in [0.3, 0.4) is 0 Å². The topological polar surface area (TPSA) is 44.7 Å². The Morgan fingerprint density at radius 2 is 2.30 bits per heavy atom. The van der Waals surface area contributed by atoms with Crippen molar-refractivity contribution in [1.29, 1.82) is 0 Å². The second kappa shape index (κ2) is 6.10. The van der Waals surface area contributed by atoms with Crippen LogP contribution in [0.15, 0.2) is 29.3 Å².